The summed E-state index contributed by atoms with van der Waals surface area (Å²) in [6.45, 7) is 2.13. The van der Waals surface area contributed by atoms with Crippen molar-refractivity contribution in [1.82, 2.24) is 14.7 Å². The van der Waals surface area contributed by atoms with Gasteiger partial charge < -0.3 is 10.2 Å². The lowest BCUT2D eigenvalue weighted by Crippen LogP contribution is -2.40. The van der Waals surface area contributed by atoms with Gasteiger partial charge in [0.2, 0.25) is 0 Å². The predicted octanol–water partition coefficient (Wildman–Crippen LogP) is 3.85. The van der Waals surface area contributed by atoms with Crippen LogP contribution in [0.3, 0.4) is 0 Å². The maximum atomic E-state index is 12.6. The van der Waals surface area contributed by atoms with Crippen molar-refractivity contribution < 1.29 is 4.79 Å². The number of para-hydroxylation sites is 1. The minimum atomic E-state index is -0.351. The molecule has 4 rings (SSSR count). The standard InChI is InChI=1S/C23H23ClN4O2/c24-21-20(16-26-28(23(21)30)19-9-5-2-6-10-19)25-15-17-11-13-27(14-12-17)22(29)18-7-3-1-4-8-18/h1-10,16-17,25H,11-15H2. The van der Waals surface area contributed by atoms with Crippen molar-refractivity contribution in [3.05, 3.63) is 87.8 Å². The minimum absolute atomic E-state index is 0.0822. The summed E-state index contributed by atoms with van der Waals surface area (Å²) >= 11 is 6.31. The molecule has 0 unspecified atom stereocenters. The monoisotopic (exact) mass is 422 g/mol. The van der Waals surface area contributed by atoms with Crippen LogP contribution in [0.2, 0.25) is 5.02 Å². The number of benzene rings is 2. The van der Waals surface area contributed by atoms with Gasteiger partial charge in [-0.1, -0.05) is 48.0 Å². The molecule has 0 atom stereocenters. The van der Waals surface area contributed by atoms with Crippen LogP contribution in [-0.2, 0) is 0 Å². The molecule has 1 aliphatic heterocycles. The van der Waals surface area contributed by atoms with Gasteiger partial charge in [0.25, 0.3) is 11.5 Å². The van der Waals surface area contributed by atoms with E-state index in [4.69, 9.17) is 11.6 Å². The van der Waals surface area contributed by atoms with Crippen molar-refractivity contribution in [3.63, 3.8) is 0 Å². The molecular weight excluding hydrogens is 400 g/mol. The third-order valence-corrected chi connectivity index (χ3v) is 5.79. The molecule has 0 bridgehead atoms. The van der Waals surface area contributed by atoms with Crippen molar-refractivity contribution >= 4 is 23.2 Å². The van der Waals surface area contributed by atoms with Crippen LogP contribution >= 0.6 is 11.6 Å². The van der Waals surface area contributed by atoms with Crippen LogP contribution in [0.25, 0.3) is 5.69 Å². The summed E-state index contributed by atoms with van der Waals surface area (Å²) in [5.41, 5.74) is 1.59. The third kappa shape index (κ3) is 4.39. The number of carbonyl (C=O) groups excluding carboxylic acids is 1. The van der Waals surface area contributed by atoms with Gasteiger partial charge in [-0.3, -0.25) is 9.59 Å². The van der Waals surface area contributed by atoms with E-state index in [0.29, 0.717) is 23.8 Å². The largest absolute Gasteiger partial charge is 0.382 e. The molecule has 1 aromatic heterocycles. The number of hydrogen-bond acceptors (Lipinski definition) is 4. The van der Waals surface area contributed by atoms with E-state index in [1.54, 1.807) is 6.20 Å². The second-order valence-electron chi connectivity index (χ2n) is 7.41. The molecule has 0 spiro atoms. The molecule has 1 saturated heterocycles. The van der Waals surface area contributed by atoms with Crippen LogP contribution in [0.1, 0.15) is 23.2 Å². The highest BCUT2D eigenvalue weighted by atomic mass is 35.5. The summed E-state index contributed by atoms with van der Waals surface area (Å²) in [6.07, 6.45) is 3.39. The van der Waals surface area contributed by atoms with Gasteiger partial charge in [-0.05, 0) is 43.0 Å². The number of carbonyl (C=O) groups is 1. The van der Waals surface area contributed by atoms with Crippen LogP contribution in [0.15, 0.2) is 71.7 Å². The Bertz CT molecular complexity index is 1060. The minimum Gasteiger partial charge on any atom is -0.382 e. The Morgan fingerprint density at radius 3 is 2.33 bits per heavy atom. The Morgan fingerprint density at radius 2 is 1.67 bits per heavy atom. The van der Waals surface area contributed by atoms with Gasteiger partial charge in [0, 0.05) is 25.2 Å². The van der Waals surface area contributed by atoms with E-state index < -0.39 is 0 Å². The molecule has 1 fully saturated rings. The molecule has 3 aromatic rings. The lowest BCUT2D eigenvalue weighted by molar-refractivity contribution is 0.0695. The summed E-state index contributed by atoms with van der Waals surface area (Å²) in [7, 11) is 0. The number of nitrogens with zero attached hydrogens (tertiary/aromatic N) is 3. The molecule has 7 heteroatoms. The number of hydrogen-bond donors (Lipinski definition) is 1. The summed E-state index contributed by atoms with van der Waals surface area (Å²) in [4.78, 5) is 27.0. The van der Waals surface area contributed by atoms with Gasteiger partial charge in [-0.25, -0.2) is 0 Å². The fourth-order valence-corrected chi connectivity index (χ4v) is 3.86. The Hall–Kier alpha value is -3.12. The van der Waals surface area contributed by atoms with E-state index in [9.17, 15) is 9.59 Å². The highest BCUT2D eigenvalue weighted by Gasteiger charge is 2.23. The maximum absolute atomic E-state index is 12.6. The van der Waals surface area contributed by atoms with Crippen molar-refractivity contribution in [1.29, 1.82) is 0 Å². The summed E-state index contributed by atoms with van der Waals surface area (Å²) in [5, 5.41) is 7.64. The topological polar surface area (TPSA) is 67.2 Å². The van der Waals surface area contributed by atoms with E-state index >= 15 is 0 Å². The number of nitrogens with one attached hydrogen (secondary N) is 1. The van der Waals surface area contributed by atoms with Crippen molar-refractivity contribution in [2.24, 2.45) is 5.92 Å². The zero-order chi connectivity index (χ0) is 20.9. The first-order valence-corrected chi connectivity index (χ1v) is 10.4. The van der Waals surface area contributed by atoms with E-state index in [0.717, 1.165) is 31.5 Å². The van der Waals surface area contributed by atoms with Crippen LogP contribution in [0.4, 0.5) is 5.69 Å². The first kappa shape index (κ1) is 20.2. The first-order valence-electron chi connectivity index (χ1n) is 10.0. The number of anilines is 1. The zero-order valence-electron chi connectivity index (χ0n) is 16.5. The Labute approximate surface area is 180 Å². The van der Waals surface area contributed by atoms with Crippen LogP contribution in [-0.4, -0.2) is 40.2 Å². The van der Waals surface area contributed by atoms with Crippen LogP contribution < -0.4 is 10.9 Å². The number of aromatic nitrogens is 2. The Balaban J connectivity index is 1.34. The molecule has 2 aromatic carbocycles. The maximum Gasteiger partial charge on any atom is 0.292 e. The molecule has 1 amide bonds. The van der Waals surface area contributed by atoms with Gasteiger partial charge in [-0.15, -0.1) is 0 Å². The van der Waals surface area contributed by atoms with E-state index in [2.05, 4.69) is 10.4 Å². The lowest BCUT2D eigenvalue weighted by atomic mass is 9.96. The predicted molar refractivity (Wildman–Crippen MR) is 118 cm³/mol. The summed E-state index contributed by atoms with van der Waals surface area (Å²) in [5.74, 6) is 0.483. The number of halogens is 1. The number of rotatable bonds is 5. The fourth-order valence-electron chi connectivity index (χ4n) is 3.67. The Kier molecular flexibility index (Phi) is 6.14. The lowest BCUT2D eigenvalue weighted by Gasteiger charge is -2.32. The summed E-state index contributed by atoms with van der Waals surface area (Å²) in [6, 6.07) is 18.6. The molecule has 2 heterocycles. The fraction of sp³-hybridized carbons (Fsp3) is 0.261. The molecule has 154 valence electrons. The molecule has 6 nitrogen and oxygen atoms in total. The highest BCUT2D eigenvalue weighted by molar-refractivity contribution is 6.32. The second kappa shape index (κ2) is 9.13. The van der Waals surface area contributed by atoms with Gasteiger partial charge in [0.15, 0.2) is 0 Å². The van der Waals surface area contributed by atoms with Gasteiger partial charge in [0.1, 0.15) is 5.02 Å². The number of likely N-dealkylation sites (tertiary alicyclic amines) is 1. The van der Waals surface area contributed by atoms with Crippen LogP contribution in [0.5, 0.6) is 0 Å². The molecular formula is C23H23ClN4O2. The van der Waals surface area contributed by atoms with Gasteiger partial charge in [0.05, 0.1) is 17.6 Å². The molecule has 1 aliphatic rings. The van der Waals surface area contributed by atoms with Crippen molar-refractivity contribution in [2.75, 3.05) is 25.0 Å². The summed E-state index contributed by atoms with van der Waals surface area (Å²) < 4.78 is 1.29. The highest BCUT2D eigenvalue weighted by Crippen LogP contribution is 2.22. The molecule has 1 N–H and O–H groups in total. The molecule has 0 aliphatic carbocycles. The van der Waals surface area contributed by atoms with Crippen molar-refractivity contribution in [2.45, 2.75) is 12.8 Å². The molecule has 0 saturated carbocycles. The van der Waals surface area contributed by atoms with Gasteiger partial charge in [-0.2, -0.15) is 9.78 Å². The van der Waals surface area contributed by atoms with E-state index in [1.807, 2.05) is 65.6 Å². The van der Waals surface area contributed by atoms with Crippen molar-refractivity contribution in [3.8, 4) is 5.69 Å². The quantitative estimate of drug-likeness (QED) is 0.678. The normalized spacial score (nSPS) is 14.5. The number of piperidine rings is 1. The smallest absolute Gasteiger partial charge is 0.292 e. The second-order valence-corrected chi connectivity index (χ2v) is 7.79. The molecule has 0 radical (unpaired) electrons. The van der Waals surface area contributed by atoms with E-state index in [-0.39, 0.29) is 16.5 Å². The average Bonchev–Trinajstić information content (AvgIpc) is 2.81. The van der Waals surface area contributed by atoms with Gasteiger partial charge >= 0.3 is 0 Å². The first-order chi connectivity index (χ1) is 14.6. The molecule has 30 heavy (non-hydrogen) atoms. The van der Waals surface area contributed by atoms with E-state index in [1.165, 1.54) is 4.68 Å². The number of amides is 1. The Morgan fingerprint density at radius 1 is 1.03 bits per heavy atom. The zero-order valence-corrected chi connectivity index (χ0v) is 17.3. The van der Waals surface area contributed by atoms with Crippen LogP contribution in [0, 0.1) is 5.92 Å². The average molecular weight is 423 g/mol. The third-order valence-electron chi connectivity index (χ3n) is 5.42. The SMILES string of the molecule is O=C(c1ccccc1)N1CCC(CNc2cnn(-c3ccccc3)c(=O)c2Cl)CC1.